The fourth-order valence-electron chi connectivity index (χ4n) is 2.07. The maximum atomic E-state index is 11.9. The van der Waals surface area contributed by atoms with Crippen LogP contribution in [0.1, 0.15) is 28.6 Å². The number of hydrogen-bond donors (Lipinski definition) is 0. The van der Waals surface area contributed by atoms with E-state index in [2.05, 4.69) is 19.9 Å². The van der Waals surface area contributed by atoms with Gasteiger partial charge in [0.25, 0.3) is 0 Å². The van der Waals surface area contributed by atoms with Crippen molar-refractivity contribution < 1.29 is 19.2 Å². The summed E-state index contributed by atoms with van der Waals surface area (Å²) >= 11 is 1.30. The molecule has 0 N–H and O–H groups in total. The topological polar surface area (TPSA) is 95.3 Å². The highest BCUT2D eigenvalue weighted by molar-refractivity contribution is 7.05. The van der Waals surface area contributed by atoms with Crippen LogP contribution >= 0.6 is 11.5 Å². The molecule has 0 saturated heterocycles. The molecule has 1 heterocycles. The van der Waals surface area contributed by atoms with Crippen molar-refractivity contribution in [3.63, 3.8) is 0 Å². The minimum absolute atomic E-state index is 0.0597. The average molecular weight is 362 g/mol. The van der Waals surface area contributed by atoms with Crippen molar-refractivity contribution in [3.8, 4) is 0 Å². The molecule has 0 saturated carbocycles. The quantitative estimate of drug-likeness (QED) is 0.426. The highest BCUT2D eigenvalue weighted by Gasteiger charge is 2.19. The van der Waals surface area contributed by atoms with Gasteiger partial charge in [0.1, 0.15) is 25.1 Å². The predicted molar refractivity (Wildman–Crippen MR) is 93.7 cm³/mol. The number of carbonyl (C=O) groups is 1. The molecule has 0 amide bonds. The van der Waals surface area contributed by atoms with Crippen molar-refractivity contribution in [3.05, 3.63) is 46.0 Å². The highest BCUT2D eigenvalue weighted by Crippen LogP contribution is 2.14. The molecule has 0 spiro atoms. The summed E-state index contributed by atoms with van der Waals surface area (Å²) in [6.07, 6.45) is 0. The van der Waals surface area contributed by atoms with Crippen LogP contribution in [-0.2, 0) is 25.8 Å². The maximum Gasteiger partial charge on any atom is 0.360 e. The molecule has 2 aromatic rings. The van der Waals surface area contributed by atoms with E-state index in [1.54, 1.807) is 19.1 Å². The molecule has 1 aromatic carbocycles. The molecule has 1 aromatic heterocycles. The van der Waals surface area contributed by atoms with Gasteiger partial charge in [0.15, 0.2) is 5.71 Å². The smallest absolute Gasteiger partial charge is 0.360 e. The first-order chi connectivity index (χ1) is 12.1. The van der Waals surface area contributed by atoms with Gasteiger partial charge in [-0.25, -0.2) is 4.79 Å². The van der Waals surface area contributed by atoms with Crippen molar-refractivity contribution >= 4 is 28.9 Å². The summed E-state index contributed by atoms with van der Waals surface area (Å²) in [4.78, 5) is 23.0. The zero-order chi connectivity index (χ0) is 18.2. The third kappa shape index (κ3) is 4.60. The van der Waals surface area contributed by atoms with Gasteiger partial charge in [-0.2, -0.15) is 0 Å². The molecule has 0 aliphatic heterocycles. The van der Waals surface area contributed by atoms with Gasteiger partial charge in [-0.15, -0.1) is 5.10 Å². The number of aromatic nitrogens is 2. The Morgan fingerprint density at radius 2 is 2.00 bits per heavy atom. The molecule has 0 aliphatic rings. The molecule has 0 unspecified atom stereocenters. The first kappa shape index (κ1) is 18.5. The number of esters is 1. The van der Waals surface area contributed by atoms with Crippen LogP contribution in [0, 0.1) is 6.92 Å². The summed E-state index contributed by atoms with van der Waals surface area (Å²) in [7, 11) is 2.64. The maximum absolute atomic E-state index is 11.9. The van der Waals surface area contributed by atoms with E-state index < -0.39 is 5.97 Å². The van der Waals surface area contributed by atoms with E-state index in [0.717, 1.165) is 4.88 Å². The van der Waals surface area contributed by atoms with Crippen LogP contribution < -0.4 is 0 Å². The molecular weight excluding hydrogens is 344 g/mol. The lowest BCUT2D eigenvalue weighted by Gasteiger charge is -2.09. The lowest BCUT2D eigenvalue weighted by Crippen LogP contribution is -2.19. The number of methoxy groups -OCH3 is 1. The molecule has 132 valence electrons. The second kappa shape index (κ2) is 8.88. The number of carbonyl (C=O) groups excluding carboxylic acids is 1. The fraction of sp³-hybridized carbons (Fsp3) is 0.312. The molecular formula is C16H18N4O4S. The van der Waals surface area contributed by atoms with E-state index in [-0.39, 0.29) is 12.3 Å². The molecule has 0 fully saturated rings. The number of benzene rings is 1. The van der Waals surface area contributed by atoms with Crippen LogP contribution in [0.15, 0.2) is 34.6 Å². The number of hydrogen-bond acceptors (Lipinski definition) is 9. The lowest BCUT2D eigenvalue weighted by atomic mass is 10.0. The molecule has 8 nitrogen and oxygen atoms in total. The normalized spacial score (nSPS) is 12.0. The number of oxime groups is 2. The number of rotatable bonds is 7. The predicted octanol–water partition coefficient (Wildman–Crippen LogP) is 2.31. The molecule has 0 radical (unpaired) electrons. The second-order valence-electron chi connectivity index (χ2n) is 4.90. The minimum Gasteiger partial charge on any atom is -0.464 e. The van der Waals surface area contributed by atoms with E-state index in [9.17, 15) is 4.79 Å². The lowest BCUT2D eigenvalue weighted by molar-refractivity contribution is -0.132. The van der Waals surface area contributed by atoms with E-state index >= 15 is 0 Å². The van der Waals surface area contributed by atoms with Crippen LogP contribution in [0.3, 0.4) is 0 Å². The van der Waals surface area contributed by atoms with Crippen molar-refractivity contribution in [2.75, 3.05) is 14.2 Å². The van der Waals surface area contributed by atoms with Crippen LogP contribution in [0.4, 0.5) is 0 Å². The van der Waals surface area contributed by atoms with Crippen LogP contribution in [-0.4, -0.2) is 41.2 Å². The van der Waals surface area contributed by atoms with Crippen molar-refractivity contribution in [1.29, 1.82) is 0 Å². The molecule has 9 heteroatoms. The Morgan fingerprint density at radius 1 is 1.24 bits per heavy atom. The third-order valence-electron chi connectivity index (χ3n) is 3.25. The molecule has 25 heavy (non-hydrogen) atoms. The largest absolute Gasteiger partial charge is 0.464 e. The van der Waals surface area contributed by atoms with Crippen molar-refractivity contribution in [2.24, 2.45) is 10.3 Å². The van der Waals surface area contributed by atoms with Gasteiger partial charge < -0.3 is 14.4 Å². The monoisotopic (exact) mass is 362 g/mol. The van der Waals surface area contributed by atoms with E-state index in [1.807, 2.05) is 19.1 Å². The van der Waals surface area contributed by atoms with Gasteiger partial charge in [0.05, 0.1) is 12.0 Å². The number of ether oxygens (including phenoxy) is 1. The Bertz CT molecular complexity index is 801. The summed E-state index contributed by atoms with van der Waals surface area (Å²) in [6.45, 7) is 3.85. The van der Waals surface area contributed by atoms with E-state index in [1.165, 1.54) is 25.8 Å². The molecule has 0 atom stereocenters. The Balaban J connectivity index is 2.19. The van der Waals surface area contributed by atoms with Gasteiger partial charge in [-0.3, -0.25) is 0 Å². The summed E-state index contributed by atoms with van der Waals surface area (Å²) in [5.41, 5.74) is 2.66. The summed E-state index contributed by atoms with van der Waals surface area (Å²) in [5.74, 6) is -0.599. The Kier molecular flexibility index (Phi) is 6.58. The zero-order valence-electron chi connectivity index (χ0n) is 14.3. The van der Waals surface area contributed by atoms with E-state index in [4.69, 9.17) is 14.4 Å². The van der Waals surface area contributed by atoms with Gasteiger partial charge in [0, 0.05) is 11.1 Å². The molecule has 2 rings (SSSR count). The standard InChI is InChI=1S/C16H18N4O4S/c1-10(14-11(2)25-20-17-14)18-24-9-12-7-5-6-8-13(12)15(19-23-4)16(21)22-3/h5-8H,9H2,1-4H3/b18-10-,19-15-. The van der Waals surface area contributed by atoms with Gasteiger partial charge in [-0.1, -0.05) is 39.1 Å². The Hall–Kier alpha value is -2.81. The van der Waals surface area contributed by atoms with Gasteiger partial charge >= 0.3 is 5.97 Å². The average Bonchev–Trinajstić information content (AvgIpc) is 3.05. The summed E-state index contributed by atoms with van der Waals surface area (Å²) < 4.78 is 8.62. The highest BCUT2D eigenvalue weighted by atomic mass is 32.1. The Labute approximate surface area is 149 Å². The van der Waals surface area contributed by atoms with E-state index in [0.29, 0.717) is 22.5 Å². The fourth-order valence-corrected chi connectivity index (χ4v) is 2.59. The second-order valence-corrected chi connectivity index (χ2v) is 5.86. The Morgan fingerprint density at radius 3 is 2.64 bits per heavy atom. The first-order valence-electron chi connectivity index (χ1n) is 7.32. The molecule has 0 aliphatic carbocycles. The van der Waals surface area contributed by atoms with Crippen molar-refractivity contribution in [1.82, 2.24) is 9.59 Å². The van der Waals surface area contributed by atoms with Crippen LogP contribution in [0.25, 0.3) is 0 Å². The van der Waals surface area contributed by atoms with Gasteiger partial charge in [0.2, 0.25) is 0 Å². The third-order valence-corrected chi connectivity index (χ3v) is 3.88. The summed E-state index contributed by atoms with van der Waals surface area (Å²) in [5, 5.41) is 11.8. The van der Waals surface area contributed by atoms with Gasteiger partial charge in [-0.05, 0) is 25.4 Å². The SMILES string of the molecule is CO/N=C(\C(=O)OC)c1ccccc1CO/N=C(/C)c1nnsc1C. The van der Waals surface area contributed by atoms with Crippen LogP contribution in [0.5, 0.6) is 0 Å². The number of nitrogens with zero attached hydrogens (tertiary/aromatic N) is 4. The van der Waals surface area contributed by atoms with Crippen LogP contribution in [0.2, 0.25) is 0 Å². The number of aryl methyl sites for hydroxylation is 1. The van der Waals surface area contributed by atoms with Crippen molar-refractivity contribution in [2.45, 2.75) is 20.5 Å². The zero-order valence-corrected chi connectivity index (χ0v) is 15.2. The minimum atomic E-state index is -0.599. The first-order valence-corrected chi connectivity index (χ1v) is 8.09. The molecule has 0 bridgehead atoms. The summed E-state index contributed by atoms with van der Waals surface area (Å²) in [6, 6.07) is 7.16.